The second-order valence-corrected chi connectivity index (χ2v) is 5.41. The quantitative estimate of drug-likeness (QED) is 0.853. The molecule has 0 aliphatic carbocycles. The van der Waals surface area contributed by atoms with Gasteiger partial charge in [-0.15, -0.1) is 0 Å². The average Bonchev–Trinajstić information content (AvgIpc) is 2.48. The number of nitrogens with zero attached hydrogens (tertiary/aromatic N) is 1. The lowest BCUT2D eigenvalue weighted by molar-refractivity contribution is 0.122. The molecule has 1 heterocycles. The molecule has 1 fully saturated rings. The Morgan fingerprint density at radius 3 is 2.53 bits per heavy atom. The van der Waals surface area contributed by atoms with Crippen molar-refractivity contribution >= 4 is 5.69 Å². The van der Waals surface area contributed by atoms with Crippen molar-refractivity contribution in [1.82, 2.24) is 5.32 Å². The Morgan fingerprint density at radius 2 is 1.89 bits per heavy atom. The van der Waals surface area contributed by atoms with Crippen LogP contribution in [0.1, 0.15) is 25.8 Å². The fraction of sp³-hybridized carbons (Fsp3) is 0.625. The van der Waals surface area contributed by atoms with Gasteiger partial charge in [0.2, 0.25) is 0 Å². The van der Waals surface area contributed by atoms with Crippen LogP contribution in [0.3, 0.4) is 0 Å². The van der Waals surface area contributed by atoms with E-state index in [1.807, 2.05) is 0 Å². The molecule has 1 aliphatic rings. The molecule has 106 valence electrons. The first kappa shape index (κ1) is 14.4. The molecule has 1 N–H and O–H groups in total. The molecule has 1 atom stereocenters. The number of morpholine rings is 1. The van der Waals surface area contributed by atoms with E-state index in [9.17, 15) is 0 Å². The van der Waals surface area contributed by atoms with Crippen LogP contribution in [-0.2, 0) is 11.3 Å². The van der Waals surface area contributed by atoms with Crippen LogP contribution in [0, 0.1) is 5.92 Å². The summed E-state index contributed by atoms with van der Waals surface area (Å²) in [7, 11) is 0. The molecule has 0 aromatic heterocycles. The fourth-order valence-electron chi connectivity index (χ4n) is 2.25. The average molecular weight is 262 g/mol. The Balaban J connectivity index is 1.80. The van der Waals surface area contributed by atoms with Gasteiger partial charge in [-0.3, -0.25) is 0 Å². The molecule has 2 rings (SSSR count). The van der Waals surface area contributed by atoms with Gasteiger partial charge in [0, 0.05) is 25.3 Å². The van der Waals surface area contributed by atoms with Gasteiger partial charge in [0.15, 0.2) is 0 Å². The highest BCUT2D eigenvalue weighted by molar-refractivity contribution is 5.47. The van der Waals surface area contributed by atoms with Gasteiger partial charge in [0.25, 0.3) is 0 Å². The van der Waals surface area contributed by atoms with E-state index in [-0.39, 0.29) is 0 Å². The molecule has 0 amide bonds. The molecule has 1 aromatic rings. The van der Waals surface area contributed by atoms with Gasteiger partial charge >= 0.3 is 0 Å². The summed E-state index contributed by atoms with van der Waals surface area (Å²) >= 11 is 0. The summed E-state index contributed by atoms with van der Waals surface area (Å²) in [5.74, 6) is 0.757. The SMILES string of the molecule is CCC(C)CNCc1ccc(N2CCOCC2)cc1. The van der Waals surface area contributed by atoms with Gasteiger partial charge in [-0.05, 0) is 30.2 Å². The van der Waals surface area contributed by atoms with Crippen LogP contribution >= 0.6 is 0 Å². The minimum absolute atomic E-state index is 0.757. The molecule has 19 heavy (non-hydrogen) atoms. The molecule has 0 bridgehead atoms. The molecule has 1 aromatic carbocycles. The van der Waals surface area contributed by atoms with E-state index in [4.69, 9.17) is 4.74 Å². The van der Waals surface area contributed by atoms with Crippen LogP contribution in [0.4, 0.5) is 5.69 Å². The minimum atomic E-state index is 0.757. The second kappa shape index (κ2) is 7.51. The number of hydrogen-bond acceptors (Lipinski definition) is 3. The molecule has 3 heteroatoms. The minimum Gasteiger partial charge on any atom is -0.378 e. The lowest BCUT2D eigenvalue weighted by Crippen LogP contribution is -2.36. The van der Waals surface area contributed by atoms with Gasteiger partial charge in [-0.25, -0.2) is 0 Å². The normalized spacial score (nSPS) is 17.5. The lowest BCUT2D eigenvalue weighted by Gasteiger charge is -2.28. The predicted molar refractivity (Wildman–Crippen MR) is 80.6 cm³/mol. The first-order valence-corrected chi connectivity index (χ1v) is 7.42. The van der Waals surface area contributed by atoms with Gasteiger partial charge in [-0.1, -0.05) is 32.4 Å². The molecule has 1 aliphatic heterocycles. The summed E-state index contributed by atoms with van der Waals surface area (Å²) in [6.45, 7) is 10.3. The van der Waals surface area contributed by atoms with E-state index in [1.54, 1.807) is 0 Å². The zero-order valence-corrected chi connectivity index (χ0v) is 12.2. The van der Waals surface area contributed by atoms with E-state index in [0.29, 0.717) is 0 Å². The zero-order valence-electron chi connectivity index (χ0n) is 12.2. The Hall–Kier alpha value is -1.06. The summed E-state index contributed by atoms with van der Waals surface area (Å²) < 4.78 is 5.38. The van der Waals surface area contributed by atoms with Gasteiger partial charge < -0.3 is 15.0 Å². The molecular weight excluding hydrogens is 236 g/mol. The van der Waals surface area contributed by atoms with Crippen molar-refractivity contribution in [3.8, 4) is 0 Å². The molecular formula is C16H26N2O. The maximum Gasteiger partial charge on any atom is 0.0642 e. The number of anilines is 1. The highest BCUT2D eigenvalue weighted by Crippen LogP contribution is 2.16. The molecule has 0 saturated carbocycles. The van der Waals surface area contributed by atoms with Gasteiger partial charge in [0.05, 0.1) is 13.2 Å². The van der Waals surface area contributed by atoms with Crippen LogP contribution in [0.5, 0.6) is 0 Å². The maximum absolute atomic E-state index is 5.38. The number of ether oxygens (including phenoxy) is 1. The van der Waals surface area contributed by atoms with Crippen molar-refractivity contribution in [2.75, 3.05) is 37.7 Å². The third-order valence-electron chi connectivity index (χ3n) is 3.83. The summed E-state index contributed by atoms with van der Waals surface area (Å²) in [4.78, 5) is 2.39. The summed E-state index contributed by atoms with van der Waals surface area (Å²) in [5, 5.41) is 3.52. The highest BCUT2D eigenvalue weighted by atomic mass is 16.5. The number of nitrogens with one attached hydrogen (secondary N) is 1. The van der Waals surface area contributed by atoms with Crippen LogP contribution in [0.15, 0.2) is 24.3 Å². The first-order valence-electron chi connectivity index (χ1n) is 7.42. The third kappa shape index (κ3) is 4.51. The van der Waals surface area contributed by atoms with Crippen LogP contribution in [0.25, 0.3) is 0 Å². The van der Waals surface area contributed by atoms with Crippen LogP contribution in [-0.4, -0.2) is 32.8 Å². The Bertz CT molecular complexity index is 358. The van der Waals surface area contributed by atoms with Crippen molar-refractivity contribution in [1.29, 1.82) is 0 Å². The van der Waals surface area contributed by atoms with E-state index < -0.39 is 0 Å². The molecule has 0 radical (unpaired) electrons. The number of benzene rings is 1. The van der Waals surface area contributed by atoms with Crippen LogP contribution in [0.2, 0.25) is 0 Å². The summed E-state index contributed by atoms with van der Waals surface area (Å²) in [5.41, 5.74) is 2.68. The smallest absolute Gasteiger partial charge is 0.0642 e. The highest BCUT2D eigenvalue weighted by Gasteiger charge is 2.10. The Morgan fingerprint density at radius 1 is 1.21 bits per heavy atom. The fourth-order valence-corrected chi connectivity index (χ4v) is 2.25. The van der Waals surface area contributed by atoms with Crippen molar-refractivity contribution in [2.24, 2.45) is 5.92 Å². The van der Waals surface area contributed by atoms with E-state index in [0.717, 1.165) is 45.3 Å². The lowest BCUT2D eigenvalue weighted by atomic mass is 10.1. The standard InChI is InChI=1S/C16H26N2O/c1-3-14(2)12-17-13-15-4-6-16(7-5-15)18-8-10-19-11-9-18/h4-7,14,17H,3,8-13H2,1-2H3. The largest absolute Gasteiger partial charge is 0.378 e. The molecule has 1 unspecified atom stereocenters. The number of rotatable bonds is 6. The van der Waals surface area contributed by atoms with E-state index in [1.165, 1.54) is 17.7 Å². The molecule has 3 nitrogen and oxygen atoms in total. The first-order chi connectivity index (χ1) is 9.29. The van der Waals surface area contributed by atoms with E-state index in [2.05, 4.69) is 48.3 Å². The van der Waals surface area contributed by atoms with E-state index >= 15 is 0 Å². The topological polar surface area (TPSA) is 24.5 Å². The van der Waals surface area contributed by atoms with Crippen molar-refractivity contribution in [3.63, 3.8) is 0 Å². The summed E-state index contributed by atoms with van der Waals surface area (Å²) in [6.07, 6.45) is 1.24. The van der Waals surface area contributed by atoms with Crippen molar-refractivity contribution < 1.29 is 4.74 Å². The second-order valence-electron chi connectivity index (χ2n) is 5.41. The zero-order chi connectivity index (χ0) is 13.5. The van der Waals surface area contributed by atoms with Gasteiger partial charge in [0.1, 0.15) is 0 Å². The molecule has 1 saturated heterocycles. The van der Waals surface area contributed by atoms with Crippen LogP contribution < -0.4 is 10.2 Å². The number of hydrogen-bond donors (Lipinski definition) is 1. The van der Waals surface area contributed by atoms with Crippen molar-refractivity contribution in [3.05, 3.63) is 29.8 Å². The predicted octanol–water partition coefficient (Wildman–Crippen LogP) is 2.66. The summed E-state index contributed by atoms with van der Waals surface area (Å²) in [6, 6.07) is 8.92. The monoisotopic (exact) mass is 262 g/mol. The Kier molecular flexibility index (Phi) is 5.67. The third-order valence-corrected chi connectivity index (χ3v) is 3.83. The Labute approximate surface area is 116 Å². The maximum atomic E-state index is 5.38. The molecule has 0 spiro atoms. The van der Waals surface area contributed by atoms with Crippen molar-refractivity contribution in [2.45, 2.75) is 26.8 Å². The van der Waals surface area contributed by atoms with Gasteiger partial charge in [-0.2, -0.15) is 0 Å².